The van der Waals surface area contributed by atoms with Crippen molar-refractivity contribution >= 4 is 70.7 Å². The Balaban J connectivity index is 1.76. The first-order chi connectivity index (χ1) is 13.1. The maximum atomic E-state index is 13.1. The molecule has 0 N–H and O–H groups in total. The van der Waals surface area contributed by atoms with E-state index in [1.54, 1.807) is 30.5 Å². The number of hydrogen-bond donors (Lipinski definition) is 0. The highest BCUT2D eigenvalue weighted by molar-refractivity contribution is 9.10. The predicted molar refractivity (Wildman–Crippen MR) is 115 cm³/mol. The molecule has 0 radical (unpaired) electrons. The lowest BCUT2D eigenvalue weighted by Crippen LogP contribution is -2.25. The first-order valence-corrected chi connectivity index (χ1v) is 10.2. The van der Waals surface area contributed by atoms with Crippen molar-refractivity contribution < 1.29 is 9.21 Å². The van der Waals surface area contributed by atoms with Crippen LogP contribution in [-0.4, -0.2) is 17.1 Å². The monoisotopic (exact) mass is 503 g/mol. The lowest BCUT2D eigenvalue weighted by Gasteiger charge is -2.13. The Labute approximate surface area is 175 Å². The summed E-state index contributed by atoms with van der Waals surface area (Å²) in [4.78, 5) is 17.7. The van der Waals surface area contributed by atoms with Crippen LogP contribution in [0.2, 0.25) is 0 Å². The van der Waals surface area contributed by atoms with Gasteiger partial charge in [0.25, 0.3) is 5.91 Å². The lowest BCUT2D eigenvalue weighted by molar-refractivity contribution is 0.0988. The molecule has 0 atom stereocenters. The van der Waals surface area contributed by atoms with Crippen LogP contribution in [-0.2, 0) is 0 Å². The Kier molecular flexibility index (Phi) is 5.20. The van der Waals surface area contributed by atoms with Gasteiger partial charge in [-0.2, -0.15) is 10.1 Å². The van der Waals surface area contributed by atoms with Crippen molar-refractivity contribution in [2.24, 2.45) is 5.10 Å². The molecule has 0 fully saturated rings. The van der Waals surface area contributed by atoms with Crippen LogP contribution >= 0.6 is 43.2 Å². The number of carbonyl (C=O) groups excluding carboxylic acids is 1. The summed E-state index contributed by atoms with van der Waals surface area (Å²) in [7, 11) is 0. The molecule has 2 heterocycles. The molecule has 5 nitrogen and oxygen atoms in total. The summed E-state index contributed by atoms with van der Waals surface area (Å²) in [5.41, 5.74) is 1.32. The van der Waals surface area contributed by atoms with Gasteiger partial charge in [-0.15, -0.1) is 0 Å². The molecule has 1 amide bonds. The van der Waals surface area contributed by atoms with Crippen LogP contribution in [0.1, 0.15) is 16.1 Å². The highest BCUT2D eigenvalue weighted by atomic mass is 79.9. The number of carbonyl (C=O) groups is 1. The second-order valence-electron chi connectivity index (χ2n) is 5.49. The van der Waals surface area contributed by atoms with Gasteiger partial charge in [-0.25, -0.2) is 4.98 Å². The summed E-state index contributed by atoms with van der Waals surface area (Å²) in [5, 5.41) is 6.12. The number of halogens is 2. The van der Waals surface area contributed by atoms with Crippen molar-refractivity contribution in [2.45, 2.75) is 0 Å². The number of rotatable bonds is 4. The number of nitrogens with zero attached hydrogens (tertiary/aromatic N) is 3. The van der Waals surface area contributed by atoms with Gasteiger partial charge in [-0.05, 0) is 54.6 Å². The van der Waals surface area contributed by atoms with E-state index in [1.165, 1.54) is 22.6 Å². The van der Waals surface area contributed by atoms with Crippen LogP contribution in [0, 0.1) is 0 Å². The van der Waals surface area contributed by atoms with Gasteiger partial charge in [-0.3, -0.25) is 4.79 Å². The van der Waals surface area contributed by atoms with Gasteiger partial charge in [-0.1, -0.05) is 43.2 Å². The molecule has 0 bridgehead atoms. The molecule has 0 saturated carbocycles. The van der Waals surface area contributed by atoms with Crippen LogP contribution in [0.3, 0.4) is 0 Å². The molecule has 0 spiro atoms. The number of aromatic nitrogens is 1. The smallest absolute Gasteiger partial charge is 0.280 e. The molecule has 8 heteroatoms. The van der Waals surface area contributed by atoms with Gasteiger partial charge in [0.2, 0.25) is 5.13 Å². The standard InChI is InChI=1S/C19H11Br2N3O2S/c20-13-5-3-12(4-6-13)18(25)24(22-11-15-2-1-9-26-15)19-23-16-8-7-14(21)10-17(16)27-19/h1-11H/b22-11+. The Bertz CT molecular complexity index is 1120. The van der Waals surface area contributed by atoms with Crippen LogP contribution < -0.4 is 5.01 Å². The minimum absolute atomic E-state index is 0.275. The average Bonchev–Trinajstić information content (AvgIpc) is 3.31. The molecule has 0 unspecified atom stereocenters. The van der Waals surface area contributed by atoms with E-state index in [0.29, 0.717) is 16.5 Å². The maximum Gasteiger partial charge on any atom is 0.280 e. The van der Waals surface area contributed by atoms with Crippen LogP contribution in [0.4, 0.5) is 5.13 Å². The normalized spacial score (nSPS) is 11.3. The Morgan fingerprint density at radius 3 is 2.63 bits per heavy atom. The van der Waals surface area contributed by atoms with Gasteiger partial charge in [0, 0.05) is 14.5 Å². The third-order valence-corrected chi connectivity index (χ3v) is 5.66. The van der Waals surface area contributed by atoms with Gasteiger partial charge < -0.3 is 4.42 Å². The maximum absolute atomic E-state index is 13.1. The fraction of sp³-hybridized carbons (Fsp3) is 0. The summed E-state index contributed by atoms with van der Waals surface area (Å²) < 4.78 is 8.09. The third kappa shape index (κ3) is 4.02. The number of amides is 1. The van der Waals surface area contributed by atoms with Crippen molar-refractivity contribution in [3.63, 3.8) is 0 Å². The highest BCUT2D eigenvalue weighted by Gasteiger charge is 2.21. The van der Waals surface area contributed by atoms with E-state index in [1.807, 2.05) is 30.3 Å². The number of hydrogen-bond acceptors (Lipinski definition) is 5. The Morgan fingerprint density at radius 2 is 1.89 bits per heavy atom. The van der Waals surface area contributed by atoms with Crippen molar-refractivity contribution in [1.29, 1.82) is 0 Å². The molecule has 0 aliphatic rings. The fourth-order valence-electron chi connectivity index (χ4n) is 2.36. The van der Waals surface area contributed by atoms with Crippen LogP contribution in [0.15, 0.2) is 79.3 Å². The van der Waals surface area contributed by atoms with E-state index in [4.69, 9.17) is 4.42 Å². The molecule has 2 aromatic carbocycles. The molecule has 0 saturated heterocycles. The topological polar surface area (TPSA) is 58.7 Å². The Hall–Kier alpha value is -2.29. The predicted octanol–water partition coefficient (Wildman–Crippen LogP) is 6.10. The summed E-state index contributed by atoms with van der Waals surface area (Å²) in [6, 6.07) is 16.4. The van der Waals surface area contributed by atoms with Crippen molar-refractivity contribution in [3.8, 4) is 0 Å². The molecule has 27 heavy (non-hydrogen) atoms. The van der Waals surface area contributed by atoms with E-state index in [2.05, 4.69) is 41.9 Å². The van der Waals surface area contributed by atoms with E-state index >= 15 is 0 Å². The fourth-order valence-corrected chi connectivity index (χ4v) is 4.10. The molecule has 4 rings (SSSR count). The lowest BCUT2D eigenvalue weighted by atomic mass is 10.2. The van der Waals surface area contributed by atoms with Gasteiger partial charge in [0.15, 0.2) is 0 Å². The van der Waals surface area contributed by atoms with Crippen molar-refractivity contribution in [2.75, 3.05) is 5.01 Å². The van der Waals surface area contributed by atoms with Crippen LogP contribution in [0.5, 0.6) is 0 Å². The van der Waals surface area contributed by atoms with Crippen molar-refractivity contribution in [1.82, 2.24) is 4.98 Å². The molecular formula is C19H11Br2N3O2S. The molecule has 0 aliphatic carbocycles. The number of benzene rings is 2. The van der Waals surface area contributed by atoms with Crippen molar-refractivity contribution in [3.05, 3.63) is 81.1 Å². The number of fused-ring (bicyclic) bond motifs is 1. The third-order valence-electron chi connectivity index (χ3n) is 3.65. The highest BCUT2D eigenvalue weighted by Crippen LogP contribution is 2.32. The largest absolute Gasteiger partial charge is 0.463 e. The van der Waals surface area contributed by atoms with Gasteiger partial charge in [0.05, 0.1) is 22.7 Å². The number of thiazole rings is 1. The molecule has 0 aliphatic heterocycles. The second-order valence-corrected chi connectivity index (χ2v) is 8.33. The van der Waals surface area contributed by atoms with Gasteiger partial charge >= 0.3 is 0 Å². The molecule has 4 aromatic rings. The zero-order valence-electron chi connectivity index (χ0n) is 13.7. The summed E-state index contributed by atoms with van der Waals surface area (Å²) in [6.07, 6.45) is 3.05. The summed E-state index contributed by atoms with van der Waals surface area (Å²) >= 11 is 8.23. The number of furan rings is 1. The van der Waals surface area contributed by atoms with E-state index < -0.39 is 0 Å². The molecular weight excluding hydrogens is 494 g/mol. The number of anilines is 1. The minimum Gasteiger partial charge on any atom is -0.463 e. The zero-order chi connectivity index (χ0) is 18.8. The average molecular weight is 505 g/mol. The molecule has 134 valence electrons. The minimum atomic E-state index is -0.275. The van der Waals surface area contributed by atoms with Gasteiger partial charge in [0.1, 0.15) is 5.76 Å². The van der Waals surface area contributed by atoms with E-state index in [9.17, 15) is 4.79 Å². The van der Waals surface area contributed by atoms with Crippen LogP contribution in [0.25, 0.3) is 10.2 Å². The second kappa shape index (κ2) is 7.75. The first kappa shape index (κ1) is 18.1. The SMILES string of the molecule is O=C(c1ccc(Br)cc1)N(/N=C/c1ccco1)c1nc2ccc(Br)cc2s1. The van der Waals surface area contributed by atoms with E-state index in [0.717, 1.165) is 19.2 Å². The molecule has 2 aromatic heterocycles. The first-order valence-electron chi connectivity index (χ1n) is 7.84. The quantitative estimate of drug-likeness (QED) is 0.249. The summed E-state index contributed by atoms with van der Waals surface area (Å²) in [6.45, 7) is 0. The Morgan fingerprint density at radius 1 is 1.11 bits per heavy atom. The number of hydrazone groups is 1. The van der Waals surface area contributed by atoms with E-state index in [-0.39, 0.29) is 5.91 Å². The zero-order valence-corrected chi connectivity index (χ0v) is 17.7. The summed E-state index contributed by atoms with van der Waals surface area (Å²) in [5.74, 6) is 0.274.